The van der Waals surface area contributed by atoms with Gasteiger partial charge in [-0.15, -0.1) is 0 Å². The van der Waals surface area contributed by atoms with Crippen molar-refractivity contribution in [3.8, 4) is 5.75 Å². The van der Waals surface area contributed by atoms with E-state index in [-0.39, 0.29) is 0 Å². The third kappa shape index (κ3) is 2.20. The number of aryl methyl sites for hydroxylation is 1. The van der Waals surface area contributed by atoms with Crippen molar-refractivity contribution < 1.29 is 9.90 Å². The molecule has 0 atom stereocenters. The Balaban J connectivity index is 2.19. The number of aromatic hydroxyl groups is 1. The largest absolute Gasteiger partial charge is 0.508 e. The molecule has 2 rings (SSSR count). The van der Waals surface area contributed by atoms with Gasteiger partial charge in [0.15, 0.2) is 0 Å². The van der Waals surface area contributed by atoms with Gasteiger partial charge in [-0.05, 0) is 48.9 Å². The van der Waals surface area contributed by atoms with E-state index in [4.69, 9.17) is 0 Å². The van der Waals surface area contributed by atoms with Crippen LogP contribution in [0.4, 0.5) is 0 Å². The molecular formula is C13H16O2. The number of carbonyl (C=O) groups excluding carboxylic acids is 1. The van der Waals surface area contributed by atoms with Gasteiger partial charge in [0, 0.05) is 12.8 Å². The van der Waals surface area contributed by atoms with Crippen LogP contribution in [0.5, 0.6) is 5.75 Å². The minimum absolute atomic E-state index is 0.322. The van der Waals surface area contributed by atoms with Crippen LogP contribution in [-0.2, 0) is 4.79 Å². The number of hydrogen-bond donors (Lipinski definition) is 1. The maximum atomic E-state index is 11.1. The monoisotopic (exact) mass is 204 g/mol. The van der Waals surface area contributed by atoms with Crippen LogP contribution in [0.15, 0.2) is 18.2 Å². The molecule has 0 spiro atoms. The standard InChI is InChI=1S/C13H16O2/c1-9-8-12(15)6-7-13(9)10-2-4-11(14)5-3-10/h6-8,10,15H,2-5H2,1H3. The third-order valence-corrected chi connectivity index (χ3v) is 3.24. The van der Waals surface area contributed by atoms with Crippen LogP contribution in [0.1, 0.15) is 42.7 Å². The molecule has 1 aromatic carbocycles. The SMILES string of the molecule is Cc1cc(O)ccc1C1CCC(=O)CC1. The van der Waals surface area contributed by atoms with Gasteiger partial charge < -0.3 is 5.11 Å². The summed E-state index contributed by atoms with van der Waals surface area (Å²) in [5.74, 6) is 1.22. The summed E-state index contributed by atoms with van der Waals surface area (Å²) >= 11 is 0. The van der Waals surface area contributed by atoms with Crippen molar-refractivity contribution in [2.75, 3.05) is 0 Å². The molecule has 1 N–H and O–H groups in total. The Morgan fingerprint density at radius 1 is 1.27 bits per heavy atom. The Morgan fingerprint density at radius 2 is 1.93 bits per heavy atom. The molecule has 2 heteroatoms. The Labute approximate surface area is 89.9 Å². The lowest BCUT2D eigenvalue weighted by Gasteiger charge is -2.22. The lowest BCUT2D eigenvalue weighted by atomic mass is 9.82. The maximum Gasteiger partial charge on any atom is 0.132 e. The Kier molecular flexibility index (Phi) is 2.76. The second-order valence-electron chi connectivity index (χ2n) is 4.35. The Hall–Kier alpha value is -1.31. The first-order valence-electron chi connectivity index (χ1n) is 5.48. The molecule has 0 aliphatic heterocycles. The topological polar surface area (TPSA) is 37.3 Å². The molecule has 0 radical (unpaired) electrons. The van der Waals surface area contributed by atoms with E-state index in [0.717, 1.165) is 18.4 Å². The predicted molar refractivity (Wildman–Crippen MR) is 59.1 cm³/mol. The average molecular weight is 204 g/mol. The highest BCUT2D eigenvalue weighted by molar-refractivity contribution is 5.79. The summed E-state index contributed by atoms with van der Waals surface area (Å²) in [6.07, 6.45) is 3.35. The summed E-state index contributed by atoms with van der Waals surface area (Å²) in [5.41, 5.74) is 2.43. The molecule has 0 heterocycles. The molecule has 1 aromatic rings. The predicted octanol–water partition coefficient (Wildman–Crippen LogP) is 2.93. The Bertz CT molecular complexity index is 372. The highest BCUT2D eigenvalue weighted by Gasteiger charge is 2.21. The first-order chi connectivity index (χ1) is 7.16. The van der Waals surface area contributed by atoms with Gasteiger partial charge in [0.1, 0.15) is 11.5 Å². The summed E-state index contributed by atoms with van der Waals surface area (Å²) in [6.45, 7) is 2.02. The number of carbonyl (C=O) groups is 1. The number of ketones is 1. The molecule has 0 saturated heterocycles. The molecule has 0 aromatic heterocycles. The number of benzene rings is 1. The van der Waals surface area contributed by atoms with Crippen LogP contribution in [0.25, 0.3) is 0 Å². The van der Waals surface area contributed by atoms with Crippen molar-refractivity contribution in [2.24, 2.45) is 0 Å². The van der Waals surface area contributed by atoms with Gasteiger partial charge in [-0.25, -0.2) is 0 Å². The molecule has 0 bridgehead atoms. The summed E-state index contributed by atoms with van der Waals surface area (Å²) in [6, 6.07) is 5.52. The average Bonchev–Trinajstić information content (AvgIpc) is 2.20. The highest BCUT2D eigenvalue weighted by Crippen LogP contribution is 2.33. The van der Waals surface area contributed by atoms with E-state index in [9.17, 15) is 9.90 Å². The summed E-state index contributed by atoms with van der Waals surface area (Å²) in [5, 5.41) is 9.32. The van der Waals surface area contributed by atoms with Crippen molar-refractivity contribution in [2.45, 2.75) is 38.5 Å². The zero-order valence-electron chi connectivity index (χ0n) is 8.99. The van der Waals surface area contributed by atoms with E-state index < -0.39 is 0 Å². The number of Topliss-reactive ketones (excluding diaryl/α,β-unsaturated/α-hetero) is 1. The zero-order valence-corrected chi connectivity index (χ0v) is 8.99. The van der Waals surface area contributed by atoms with E-state index >= 15 is 0 Å². The van der Waals surface area contributed by atoms with Gasteiger partial charge in [-0.2, -0.15) is 0 Å². The van der Waals surface area contributed by atoms with Crippen molar-refractivity contribution in [3.63, 3.8) is 0 Å². The van der Waals surface area contributed by atoms with Crippen molar-refractivity contribution in [1.82, 2.24) is 0 Å². The third-order valence-electron chi connectivity index (χ3n) is 3.24. The minimum Gasteiger partial charge on any atom is -0.508 e. The fourth-order valence-corrected chi connectivity index (χ4v) is 2.37. The van der Waals surface area contributed by atoms with Crippen molar-refractivity contribution in [1.29, 1.82) is 0 Å². The normalized spacial score (nSPS) is 18.1. The lowest BCUT2D eigenvalue weighted by molar-refractivity contribution is -0.120. The fourth-order valence-electron chi connectivity index (χ4n) is 2.37. The van der Waals surface area contributed by atoms with Crippen molar-refractivity contribution in [3.05, 3.63) is 29.3 Å². The fraction of sp³-hybridized carbons (Fsp3) is 0.462. The molecule has 15 heavy (non-hydrogen) atoms. The first-order valence-corrected chi connectivity index (χ1v) is 5.48. The van der Waals surface area contributed by atoms with Gasteiger partial charge in [0.2, 0.25) is 0 Å². The van der Waals surface area contributed by atoms with E-state index in [1.54, 1.807) is 12.1 Å². The van der Waals surface area contributed by atoms with Crippen LogP contribution < -0.4 is 0 Å². The minimum atomic E-state index is 0.322. The highest BCUT2D eigenvalue weighted by atomic mass is 16.3. The van der Waals surface area contributed by atoms with Gasteiger partial charge in [0.05, 0.1) is 0 Å². The van der Waals surface area contributed by atoms with Gasteiger partial charge in [-0.1, -0.05) is 6.07 Å². The lowest BCUT2D eigenvalue weighted by Crippen LogP contribution is -2.13. The molecule has 1 aliphatic rings. The van der Waals surface area contributed by atoms with Gasteiger partial charge in [-0.3, -0.25) is 4.79 Å². The first kappa shape index (κ1) is 10.2. The number of phenolic OH excluding ortho intramolecular Hbond substituents is 1. The van der Waals surface area contributed by atoms with Crippen LogP contribution in [0, 0.1) is 6.92 Å². The number of phenols is 1. The number of hydrogen-bond acceptors (Lipinski definition) is 2. The van der Waals surface area contributed by atoms with Crippen LogP contribution in [0.3, 0.4) is 0 Å². The molecule has 0 unspecified atom stereocenters. The quantitative estimate of drug-likeness (QED) is 0.763. The summed E-state index contributed by atoms with van der Waals surface area (Å²) < 4.78 is 0. The van der Waals surface area contributed by atoms with Crippen LogP contribution in [0.2, 0.25) is 0 Å². The van der Waals surface area contributed by atoms with E-state index in [1.165, 1.54) is 5.56 Å². The van der Waals surface area contributed by atoms with E-state index in [2.05, 4.69) is 0 Å². The molecule has 0 amide bonds. The second kappa shape index (κ2) is 4.05. The molecule has 1 saturated carbocycles. The van der Waals surface area contributed by atoms with Crippen molar-refractivity contribution >= 4 is 5.78 Å². The van der Waals surface area contributed by atoms with Crippen LogP contribution >= 0.6 is 0 Å². The maximum absolute atomic E-state index is 11.1. The molecule has 2 nitrogen and oxygen atoms in total. The summed E-state index contributed by atoms with van der Waals surface area (Å²) in [4.78, 5) is 11.1. The van der Waals surface area contributed by atoms with Gasteiger partial charge in [0.25, 0.3) is 0 Å². The zero-order chi connectivity index (χ0) is 10.8. The second-order valence-corrected chi connectivity index (χ2v) is 4.35. The molecule has 1 aliphatic carbocycles. The van der Waals surface area contributed by atoms with E-state index in [1.807, 2.05) is 13.0 Å². The number of rotatable bonds is 1. The summed E-state index contributed by atoms with van der Waals surface area (Å²) in [7, 11) is 0. The van der Waals surface area contributed by atoms with Gasteiger partial charge >= 0.3 is 0 Å². The molecule has 1 fully saturated rings. The smallest absolute Gasteiger partial charge is 0.132 e. The van der Waals surface area contributed by atoms with E-state index in [0.29, 0.717) is 30.3 Å². The van der Waals surface area contributed by atoms with Crippen LogP contribution in [-0.4, -0.2) is 10.9 Å². The Morgan fingerprint density at radius 3 is 2.53 bits per heavy atom. The molecule has 80 valence electrons. The molecular weight excluding hydrogens is 188 g/mol.